The van der Waals surface area contributed by atoms with Gasteiger partial charge >= 0.3 is 6.09 Å². The molecule has 1 aliphatic heterocycles. The summed E-state index contributed by atoms with van der Waals surface area (Å²) < 4.78 is 30.0. The number of hydrogen-bond acceptors (Lipinski definition) is 5. The van der Waals surface area contributed by atoms with Gasteiger partial charge in [-0.3, -0.25) is 0 Å². The number of rotatable bonds is 5. The van der Waals surface area contributed by atoms with E-state index < -0.39 is 17.5 Å². The quantitative estimate of drug-likeness (QED) is 0.744. The van der Waals surface area contributed by atoms with Crippen molar-refractivity contribution in [1.29, 1.82) is 0 Å². The molecule has 0 radical (unpaired) electrons. The number of ether oxygens (including phenoxy) is 3. The minimum atomic E-state index is -0.528. The number of fused-ring (bicyclic) bond motifs is 1. The van der Waals surface area contributed by atoms with Crippen molar-refractivity contribution >= 4 is 17.5 Å². The number of amides is 1. The molecule has 1 heterocycles. The van der Waals surface area contributed by atoms with Crippen LogP contribution in [0.4, 0.5) is 20.6 Å². The van der Waals surface area contributed by atoms with Crippen LogP contribution in [0.3, 0.4) is 0 Å². The molecule has 0 saturated carbocycles. The molecule has 0 bridgehead atoms. The van der Waals surface area contributed by atoms with Crippen LogP contribution < -0.4 is 19.7 Å². The van der Waals surface area contributed by atoms with Gasteiger partial charge in [0.25, 0.3) is 0 Å². The Morgan fingerprint density at radius 1 is 1.23 bits per heavy atom. The highest BCUT2D eigenvalue weighted by molar-refractivity contribution is 5.68. The zero-order chi connectivity index (χ0) is 21.9. The summed E-state index contributed by atoms with van der Waals surface area (Å²) in [5.74, 6) is 0.729. The van der Waals surface area contributed by atoms with Gasteiger partial charge in [-0.25, -0.2) is 9.18 Å². The number of carbonyl (C=O) groups is 1. The van der Waals surface area contributed by atoms with Crippen molar-refractivity contribution in [3.05, 3.63) is 47.8 Å². The summed E-state index contributed by atoms with van der Waals surface area (Å²) in [5.41, 5.74) is 2.22. The van der Waals surface area contributed by atoms with Crippen molar-refractivity contribution in [3.8, 4) is 11.5 Å². The van der Waals surface area contributed by atoms with E-state index in [-0.39, 0.29) is 11.7 Å². The average Bonchev–Trinajstić information content (AvgIpc) is 2.70. The molecule has 3 rings (SSSR count). The van der Waals surface area contributed by atoms with Gasteiger partial charge in [-0.05, 0) is 51.0 Å². The van der Waals surface area contributed by atoms with E-state index in [1.165, 1.54) is 13.2 Å². The first-order valence-electron chi connectivity index (χ1n) is 9.99. The minimum Gasteiger partial charge on any atom is -0.494 e. The summed E-state index contributed by atoms with van der Waals surface area (Å²) in [6.07, 6.45) is 0.393. The van der Waals surface area contributed by atoms with Crippen LogP contribution in [0.15, 0.2) is 36.4 Å². The molecule has 1 N–H and O–H groups in total. The number of nitrogens with zero attached hydrogens (tertiary/aromatic N) is 1. The number of hydrogen-bond donors (Lipinski definition) is 1. The summed E-state index contributed by atoms with van der Waals surface area (Å²) >= 11 is 0. The van der Waals surface area contributed by atoms with Crippen LogP contribution in [0.5, 0.6) is 11.5 Å². The largest absolute Gasteiger partial charge is 0.494 e. The molecule has 162 valence electrons. The van der Waals surface area contributed by atoms with Crippen molar-refractivity contribution in [2.45, 2.75) is 38.7 Å². The Labute approximate surface area is 176 Å². The maximum Gasteiger partial charge on any atom is 0.407 e. The Morgan fingerprint density at radius 2 is 1.93 bits per heavy atom. The molecule has 0 fully saturated rings. The predicted molar refractivity (Wildman–Crippen MR) is 115 cm³/mol. The van der Waals surface area contributed by atoms with Crippen molar-refractivity contribution in [2.75, 3.05) is 32.2 Å². The van der Waals surface area contributed by atoms with E-state index in [0.29, 0.717) is 13.2 Å². The first-order chi connectivity index (χ1) is 14.2. The number of methoxy groups -OCH3 is 1. The maximum atomic E-state index is 13.7. The normalized spacial score (nSPS) is 15.6. The molecule has 1 amide bonds. The van der Waals surface area contributed by atoms with Gasteiger partial charge in [0.2, 0.25) is 0 Å². The number of halogens is 1. The second-order valence-electron chi connectivity index (χ2n) is 8.32. The second-order valence-corrected chi connectivity index (χ2v) is 8.32. The third-order valence-corrected chi connectivity index (χ3v) is 4.96. The third kappa shape index (κ3) is 5.14. The summed E-state index contributed by atoms with van der Waals surface area (Å²) in [7, 11) is 3.35. The van der Waals surface area contributed by atoms with Crippen LogP contribution in [0, 0.1) is 5.82 Å². The van der Waals surface area contributed by atoms with E-state index in [0.717, 1.165) is 29.1 Å². The van der Waals surface area contributed by atoms with Crippen molar-refractivity contribution in [3.63, 3.8) is 0 Å². The average molecular weight is 416 g/mol. The number of anilines is 2. The summed E-state index contributed by atoms with van der Waals surface area (Å²) in [6, 6.07) is 10.7. The first-order valence-corrected chi connectivity index (χ1v) is 9.99. The number of nitrogens with one attached hydrogen (secondary N) is 1. The fourth-order valence-corrected chi connectivity index (χ4v) is 3.40. The number of benzene rings is 2. The van der Waals surface area contributed by atoms with Crippen LogP contribution >= 0.6 is 0 Å². The molecule has 30 heavy (non-hydrogen) atoms. The number of carbonyl (C=O) groups excluding carboxylic acids is 1. The summed E-state index contributed by atoms with van der Waals surface area (Å²) in [4.78, 5) is 13.9. The van der Waals surface area contributed by atoms with E-state index in [9.17, 15) is 9.18 Å². The Morgan fingerprint density at radius 3 is 2.63 bits per heavy atom. The lowest BCUT2D eigenvalue weighted by Gasteiger charge is -2.29. The predicted octanol–water partition coefficient (Wildman–Crippen LogP) is 4.99. The van der Waals surface area contributed by atoms with Crippen LogP contribution in [0.1, 0.15) is 38.7 Å². The van der Waals surface area contributed by atoms with Gasteiger partial charge < -0.3 is 24.4 Å². The van der Waals surface area contributed by atoms with Gasteiger partial charge in [0.1, 0.15) is 11.4 Å². The Bertz CT molecular complexity index is 911. The lowest BCUT2D eigenvalue weighted by atomic mass is 9.92. The van der Waals surface area contributed by atoms with Gasteiger partial charge in [-0.1, -0.05) is 6.07 Å². The molecule has 6 nitrogen and oxygen atoms in total. The molecular weight excluding hydrogens is 387 g/mol. The van der Waals surface area contributed by atoms with Gasteiger partial charge in [0.15, 0.2) is 11.6 Å². The Balaban J connectivity index is 1.74. The highest BCUT2D eigenvalue weighted by atomic mass is 19.1. The van der Waals surface area contributed by atoms with E-state index >= 15 is 0 Å². The molecule has 0 aliphatic carbocycles. The van der Waals surface area contributed by atoms with Crippen molar-refractivity contribution in [1.82, 2.24) is 5.32 Å². The minimum absolute atomic E-state index is 0.145. The molecule has 1 aliphatic rings. The zero-order valence-corrected chi connectivity index (χ0v) is 18.1. The fourth-order valence-electron chi connectivity index (χ4n) is 3.40. The molecule has 7 heteroatoms. The van der Waals surface area contributed by atoms with Gasteiger partial charge in [0, 0.05) is 43.0 Å². The summed E-state index contributed by atoms with van der Waals surface area (Å²) in [6.45, 7) is 6.57. The van der Waals surface area contributed by atoms with Crippen LogP contribution in [0.2, 0.25) is 0 Å². The fraction of sp³-hybridized carbons (Fsp3) is 0.435. The molecule has 2 aromatic carbocycles. The standard InChI is InChI=1S/C23H29FN2O4/c1-23(2,3)30-22(27)25-14-15-10-11-29-20-12-16(6-8-18(15)20)26(4)17-7-9-19(24)21(13-17)28-5/h6-9,12-13,15H,10-11,14H2,1-5H3,(H,25,27)/t15-/m0/s1. The highest BCUT2D eigenvalue weighted by Crippen LogP contribution is 2.38. The Hall–Kier alpha value is -2.96. The molecule has 0 spiro atoms. The molecular formula is C23H29FN2O4. The molecule has 0 saturated heterocycles. The summed E-state index contributed by atoms with van der Waals surface area (Å²) in [5, 5.41) is 2.85. The lowest BCUT2D eigenvalue weighted by Crippen LogP contribution is -2.35. The Kier molecular flexibility index (Phi) is 6.39. The van der Waals surface area contributed by atoms with Gasteiger partial charge in [-0.2, -0.15) is 0 Å². The van der Waals surface area contributed by atoms with Gasteiger partial charge in [-0.15, -0.1) is 0 Å². The van der Waals surface area contributed by atoms with Crippen LogP contribution in [-0.2, 0) is 4.74 Å². The van der Waals surface area contributed by atoms with Crippen molar-refractivity contribution < 1.29 is 23.4 Å². The van der Waals surface area contributed by atoms with Crippen molar-refractivity contribution in [2.24, 2.45) is 0 Å². The first kappa shape index (κ1) is 21.7. The molecule has 2 aromatic rings. The smallest absolute Gasteiger partial charge is 0.407 e. The molecule has 0 aromatic heterocycles. The topological polar surface area (TPSA) is 60.0 Å². The SMILES string of the molecule is COc1cc(N(C)c2ccc3c(c2)OCC[C@H]3CNC(=O)OC(C)(C)C)ccc1F. The third-order valence-electron chi connectivity index (χ3n) is 4.96. The van der Waals surface area contributed by atoms with E-state index in [1.54, 1.807) is 12.1 Å². The number of alkyl carbamates (subject to hydrolysis) is 1. The lowest BCUT2D eigenvalue weighted by molar-refractivity contribution is 0.0521. The zero-order valence-electron chi connectivity index (χ0n) is 18.1. The van der Waals surface area contributed by atoms with E-state index in [2.05, 4.69) is 5.32 Å². The second kappa shape index (κ2) is 8.81. The van der Waals surface area contributed by atoms with E-state index in [1.807, 2.05) is 50.9 Å². The highest BCUT2D eigenvalue weighted by Gasteiger charge is 2.24. The maximum absolute atomic E-state index is 13.7. The monoisotopic (exact) mass is 416 g/mol. The molecule has 0 unspecified atom stereocenters. The molecule has 1 atom stereocenters. The van der Waals surface area contributed by atoms with Gasteiger partial charge in [0.05, 0.1) is 13.7 Å². The van der Waals surface area contributed by atoms with E-state index in [4.69, 9.17) is 14.2 Å². The van der Waals surface area contributed by atoms with Crippen LogP contribution in [-0.4, -0.2) is 39.0 Å². The van der Waals surface area contributed by atoms with Crippen LogP contribution in [0.25, 0.3) is 0 Å².